The quantitative estimate of drug-likeness (QED) is 0.674. The summed E-state index contributed by atoms with van der Waals surface area (Å²) in [6.07, 6.45) is 0.495. The molecule has 0 spiro atoms. The fourth-order valence-corrected chi connectivity index (χ4v) is 1.95. The van der Waals surface area contributed by atoms with E-state index in [1.54, 1.807) is 6.07 Å². The largest absolute Gasteiger partial charge is 0.385 e. The highest BCUT2D eigenvalue weighted by Crippen LogP contribution is 2.36. The van der Waals surface area contributed by atoms with Crippen LogP contribution in [0, 0.1) is 0 Å². The van der Waals surface area contributed by atoms with Crippen LogP contribution in [0.2, 0.25) is 5.02 Å². The van der Waals surface area contributed by atoms with Crippen LogP contribution in [0.5, 0.6) is 0 Å². The molecule has 1 nitrogen and oxygen atoms in total. The maximum atomic E-state index is 13.6. The third-order valence-electron chi connectivity index (χ3n) is 2.32. The minimum Gasteiger partial charge on any atom is -0.385 e. The normalized spacial score (nSPS) is 21.5. The van der Waals surface area contributed by atoms with Crippen LogP contribution in [-0.2, 0) is 0 Å². The van der Waals surface area contributed by atoms with E-state index in [9.17, 15) is 4.39 Å². The molecule has 0 saturated heterocycles. The summed E-state index contributed by atoms with van der Waals surface area (Å²) in [6.45, 7) is 0.827. The van der Waals surface area contributed by atoms with Crippen molar-refractivity contribution in [2.75, 3.05) is 11.9 Å². The highest BCUT2D eigenvalue weighted by molar-refractivity contribution is 6.31. The molecule has 1 aliphatic heterocycles. The molecule has 1 heterocycles. The van der Waals surface area contributed by atoms with E-state index in [1.165, 1.54) is 0 Å². The van der Waals surface area contributed by atoms with E-state index in [0.29, 0.717) is 17.0 Å². The fourth-order valence-electron chi connectivity index (χ4n) is 1.66. The summed E-state index contributed by atoms with van der Waals surface area (Å²) in [5, 5.41) is 3.70. The lowest BCUT2D eigenvalue weighted by Crippen LogP contribution is -1.99. The lowest BCUT2D eigenvalue weighted by molar-refractivity contribution is 0.324. The number of hydrogen-bond acceptors (Lipinski definition) is 1. The molecule has 1 unspecified atom stereocenters. The third-order valence-corrected chi connectivity index (χ3v) is 2.65. The molecular weight excluding hydrogens is 189 g/mol. The maximum absolute atomic E-state index is 13.6. The summed E-state index contributed by atoms with van der Waals surface area (Å²) in [5.74, 6) is 0. The van der Waals surface area contributed by atoms with E-state index >= 15 is 0 Å². The van der Waals surface area contributed by atoms with Crippen LogP contribution < -0.4 is 5.32 Å². The number of rotatable bonds is 0. The highest BCUT2D eigenvalue weighted by atomic mass is 35.5. The van der Waals surface area contributed by atoms with E-state index in [4.69, 9.17) is 11.6 Å². The average molecular weight is 200 g/mol. The van der Waals surface area contributed by atoms with Crippen LogP contribution in [0.1, 0.15) is 24.6 Å². The number of anilines is 1. The van der Waals surface area contributed by atoms with Gasteiger partial charge in [0.1, 0.15) is 6.17 Å². The van der Waals surface area contributed by atoms with Gasteiger partial charge in [0.05, 0.1) is 0 Å². The van der Waals surface area contributed by atoms with Gasteiger partial charge in [-0.25, -0.2) is 4.39 Å². The molecule has 0 bridgehead atoms. The number of nitrogens with one attached hydrogen (secondary N) is 1. The van der Waals surface area contributed by atoms with Gasteiger partial charge < -0.3 is 5.32 Å². The zero-order valence-electron chi connectivity index (χ0n) is 7.19. The van der Waals surface area contributed by atoms with Crippen molar-refractivity contribution in [3.8, 4) is 0 Å². The van der Waals surface area contributed by atoms with Gasteiger partial charge in [-0.15, -0.1) is 0 Å². The Morgan fingerprint density at radius 3 is 3.15 bits per heavy atom. The van der Waals surface area contributed by atoms with Gasteiger partial charge in [0.2, 0.25) is 0 Å². The molecule has 3 heteroatoms. The van der Waals surface area contributed by atoms with Crippen molar-refractivity contribution < 1.29 is 4.39 Å². The first-order chi connectivity index (χ1) is 6.29. The number of benzene rings is 1. The zero-order chi connectivity index (χ0) is 9.26. The second-order valence-corrected chi connectivity index (χ2v) is 3.64. The molecule has 1 aromatic carbocycles. The van der Waals surface area contributed by atoms with E-state index in [1.807, 2.05) is 12.1 Å². The molecule has 0 radical (unpaired) electrons. The molecule has 1 aliphatic rings. The van der Waals surface area contributed by atoms with Gasteiger partial charge in [-0.05, 0) is 25.0 Å². The predicted molar refractivity (Wildman–Crippen MR) is 53.0 cm³/mol. The molecule has 0 aliphatic carbocycles. The van der Waals surface area contributed by atoms with Crippen molar-refractivity contribution >= 4 is 17.3 Å². The van der Waals surface area contributed by atoms with Crippen molar-refractivity contribution in [2.24, 2.45) is 0 Å². The first-order valence-electron chi connectivity index (χ1n) is 4.45. The Labute approximate surface area is 81.9 Å². The lowest BCUT2D eigenvalue weighted by Gasteiger charge is -2.11. The van der Waals surface area contributed by atoms with Crippen LogP contribution in [-0.4, -0.2) is 6.54 Å². The van der Waals surface area contributed by atoms with Crippen molar-refractivity contribution in [1.82, 2.24) is 0 Å². The summed E-state index contributed by atoms with van der Waals surface area (Å²) in [6, 6.07) is 5.45. The molecule has 0 aromatic heterocycles. The van der Waals surface area contributed by atoms with Crippen molar-refractivity contribution in [1.29, 1.82) is 0 Å². The monoisotopic (exact) mass is 199 g/mol. The molecule has 0 amide bonds. The molecule has 1 aromatic rings. The molecule has 0 saturated carbocycles. The number of hydrogen-bond donors (Lipinski definition) is 1. The highest BCUT2D eigenvalue weighted by Gasteiger charge is 2.19. The minimum absolute atomic E-state index is 0.527. The van der Waals surface area contributed by atoms with Gasteiger partial charge in [-0.3, -0.25) is 0 Å². The van der Waals surface area contributed by atoms with Crippen molar-refractivity contribution in [3.05, 3.63) is 28.8 Å². The topological polar surface area (TPSA) is 12.0 Å². The van der Waals surface area contributed by atoms with Crippen LogP contribution in [0.25, 0.3) is 0 Å². The molecule has 1 atom stereocenters. The fraction of sp³-hybridized carbons (Fsp3) is 0.400. The standard InChI is InChI=1S/C10H11ClFN/c11-7-3-1-5-9-10(7)8(12)4-2-6-13-9/h1,3,5,8,13H,2,4,6H2. The van der Waals surface area contributed by atoms with E-state index in [0.717, 1.165) is 18.7 Å². The van der Waals surface area contributed by atoms with Crippen LogP contribution in [0.15, 0.2) is 18.2 Å². The molecule has 1 N–H and O–H groups in total. The summed E-state index contributed by atoms with van der Waals surface area (Å²) >= 11 is 5.93. The first-order valence-corrected chi connectivity index (χ1v) is 4.83. The van der Waals surface area contributed by atoms with E-state index in [-0.39, 0.29) is 0 Å². The second-order valence-electron chi connectivity index (χ2n) is 3.24. The SMILES string of the molecule is FC1CCCNc2cccc(Cl)c21. The van der Waals surface area contributed by atoms with Crippen LogP contribution in [0.4, 0.5) is 10.1 Å². The van der Waals surface area contributed by atoms with Crippen LogP contribution in [0.3, 0.4) is 0 Å². The summed E-state index contributed by atoms with van der Waals surface area (Å²) in [7, 11) is 0. The van der Waals surface area contributed by atoms with Gasteiger partial charge in [-0.1, -0.05) is 17.7 Å². The lowest BCUT2D eigenvalue weighted by atomic mass is 10.1. The van der Waals surface area contributed by atoms with Gasteiger partial charge >= 0.3 is 0 Å². The molecule has 13 heavy (non-hydrogen) atoms. The smallest absolute Gasteiger partial charge is 0.129 e. The molecule has 0 fully saturated rings. The van der Waals surface area contributed by atoms with Crippen molar-refractivity contribution in [2.45, 2.75) is 19.0 Å². The molecule has 2 rings (SSSR count). The Kier molecular flexibility index (Phi) is 2.40. The first kappa shape index (κ1) is 8.82. The van der Waals surface area contributed by atoms with Gasteiger partial charge in [0.25, 0.3) is 0 Å². The molecule has 70 valence electrons. The summed E-state index contributed by atoms with van der Waals surface area (Å²) in [4.78, 5) is 0. The number of alkyl halides is 1. The van der Waals surface area contributed by atoms with Gasteiger partial charge in [0, 0.05) is 22.8 Å². The Balaban J connectivity index is 2.48. The summed E-state index contributed by atoms with van der Waals surface area (Å²) in [5.41, 5.74) is 1.47. The Hall–Kier alpha value is -0.760. The summed E-state index contributed by atoms with van der Waals surface area (Å²) < 4.78 is 13.6. The number of fused-ring (bicyclic) bond motifs is 1. The maximum Gasteiger partial charge on any atom is 0.129 e. The molecular formula is C10H11ClFN. The van der Waals surface area contributed by atoms with E-state index < -0.39 is 6.17 Å². The third kappa shape index (κ3) is 1.63. The zero-order valence-corrected chi connectivity index (χ0v) is 7.94. The second kappa shape index (κ2) is 3.54. The van der Waals surface area contributed by atoms with Crippen molar-refractivity contribution in [3.63, 3.8) is 0 Å². The average Bonchev–Trinajstić information content (AvgIpc) is 2.29. The minimum atomic E-state index is -0.918. The van der Waals surface area contributed by atoms with Gasteiger partial charge in [0.15, 0.2) is 0 Å². The van der Waals surface area contributed by atoms with Gasteiger partial charge in [-0.2, -0.15) is 0 Å². The van der Waals surface area contributed by atoms with E-state index in [2.05, 4.69) is 5.32 Å². The predicted octanol–water partition coefficient (Wildman–Crippen LogP) is 3.56. The number of halogens is 2. The Bertz CT molecular complexity index is 314. The Morgan fingerprint density at radius 2 is 2.31 bits per heavy atom. The van der Waals surface area contributed by atoms with Crippen LogP contribution >= 0.6 is 11.6 Å². The Morgan fingerprint density at radius 1 is 1.46 bits per heavy atom.